The Morgan fingerprint density at radius 2 is 1.83 bits per heavy atom. The molecule has 0 radical (unpaired) electrons. The lowest BCUT2D eigenvalue weighted by Gasteiger charge is -2.16. The summed E-state index contributed by atoms with van der Waals surface area (Å²) in [5.74, 6) is 0.282. The Balaban J connectivity index is 1.41. The van der Waals surface area contributed by atoms with Crippen LogP contribution in [0.4, 0.5) is 11.5 Å². The van der Waals surface area contributed by atoms with Gasteiger partial charge in [-0.1, -0.05) is 29.8 Å². The van der Waals surface area contributed by atoms with Crippen molar-refractivity contribution in [2.75, 3.05) is 31.3 Å². The lowest BCUT2D eigenvalue weighted by Crippen LogP contribution is -2.25. The number of amides is 1. The maximum Gasteiger partial charge on any atom is 0.250 e. The molecule has 0 bridgehead atoms. The first-order chi connectivity index (χ1) is 16.9. The van der Waals surface area contributed by atoms with Crippen LogP contribution in [0.15, 0.2) is 67.0 Å². The number of anilines is 2. The van der Waals surface area contributed by atoms with Crippen molar-refractivity contribution < 1.29 is 4.79 Å². The molecule has 4 aromatic rings. The molecular formula is C26H26ClN7O. The number of aromatic nitrogens is 4. The first kappa shape index (κ1) is 23.0. The molecule has 178 valence electrons. The fourth-order valence-electron chi connectivity index (χ4n) is 4.01. The Bertz CT molecular complexity index is 1390. The summed E-state index contributed by atoms with van der Waals surface area (Å²) >= 11 is 6.06. The molecule has 1 saturated carbocycles. The van der Waals surface area contributed by atoms with Gasteiger partial charge in [0.1, 0.15) is 17.8 Å². The lowest BCUT2D eigenvalue weighted by atomic mass is 10.1. The Kier molecular flexibility index (Phi) is 6.23. The van der Waals surface area contributed by atoms with Crippen LogP contribution < -0.4 is 10.6 Å². The number of nitrogens with two attached hydrogens (primary N) is 1. The molecule has 0 atom stereocenters. The van der Waals surface area contributed by atoms with Gasteiger partial charge in [0, 0.05) is 42.0 Å². The first-order valence-electron chi connectivity index (χ1n) is 11.4. The summed E-state index contributed by atoms with van der Waals surface area (Å²) in [6.45, 7) is 0.774. The topological polar surface area (TPSA) is 93.2 Å². The van der Waals surface area contributed by atoms with Crippen molar-refractivity contribution in [3.8, 4) is 16.9 Å². The molecule has 2 aromatic heterocycles. The van der Waals surface area contributed by atoms with Crippen molar-refractivity contribution in [1.29, 1.82) is 0 Å². The minimum Gasteiger partial charge on any atom is -0.383 e. The van der Waals surface area contributed by atoms with E-state index in [0.29, 0.717) is 33.6 Å². The fourth-order valence-corrected chi connectivity index (χ4v) is 4.13. The molecule has 1 fully saturated rings. The molecule has 9 heteroatoms. The number of nitrogens with zero attached hydrogens (tertiary/aromatic N) is 6. The molecule has 0 spiro atoms. The minimum absolute atomic E-state index is 0.0722. The minimum atomic E-state index is -0.0722. The molecule has 5 rings (SSSR count). The molecule has 0 aliphatic heterocycles. The second kappa shape index (κ2) is 9.48. The highest BCUT2D eigenvalue weighted by Crippen LogP contribution is 2.32. The van der Waals surface area contributed by atoms with E-state index < -0.39 is 0 Å². The zero-order chi connectivity index (χ0) is 24.5. The van der Waals surface area contributed by atoms with Gasteiger partial charge in [0.25, 0.3) is 0 Å². The Morgan fingerprint density at radius 1 is 1.11 bits per heavy atom. The van der Waals surface area contributed by atoms with Crippen LogP contribution in [0.25, 0.3) is 28.0 Å². The second-order valence-corrected chi connectivity index (χ2v) is 9.15. The quantitative estimate of drug-likeness (QED) is 0.390. The predicted molar refractivity (Wildman–Crippen MR) is 140 cm³/mol. The summed E-state index contributed by atoms with van der Waals surface area (Å²) in [6.07, 6.45) is 7.47. The van der Waals surface area contributed by atoms with Crippen LogP contribution >= 0.6 is 11.6 Å². The molecular weight excluding hydrogens is 462 g/mol. The van der Waals surface area contributed by atoms with Gasteiger partial charge in [0.15, 0.2) is 5.65 Å². The van der Waals surface area contributed by atoms with Gasteiger partial charge in [-0.2, -0.15) is 5.10 Å². The van der Waals surface area contributed by atoms with Crippen LogP contribution in [0.3, 0.4) is 0 Å². The normalized spacial score (nSPS) is 13.7. The molecule has 2 N–H and O–H groups in total. The number of hydrogen-bond acceptors (Lipinski definition) is 6. The number of likely N-dealkylation sites (N-methyl/N-ethyl adjacent to an activating group) is 2. The summed E-state index contributed by atoms with van der Waals surface area (Å²) in [4.78, 5) is 25.1. The van der Waals surface area contributed by atoms with E-state index in [2.05, 4.69) is 21.9 Å². The molecule has 8 nitrogen and oxygen atoms in total. The zero-order valence-corrected chi connectivity index (χ0v) is 20.4. The van der Waals surface area contributed by atoms with Gasteiger partial charge < -0.3 is 10.6 Å². The third kappa shape index (κ3) is 4.76. The molecule has 1 aliphatic rings. The number of halogens is 1. The van der Waals surface area contributed by atoms with Crippen molar-refractivity contribution in [3.05, 3.63) is 72.0 Å². The predicted octanol–water partition coefficient (Wildman–Crippen LogP) is 4.33. The SMILES string of the molecule is CN(C(=O)C=CCN(C)C1CC1)c1ccc(-n2nc(-c3ccc(Cl)cc3)c3c(N)ncnc32)cc1. The van der Waals surface area contributed by atoms with Crippen LogP contribution in [0.5, 0.6) is 0 Å². The van der Waals surface area contributed by atoms with Gasteiger partial charge in [-0.15, -0.1) is 0 Å². The van der Waals surface area contributed by atoms with Crippen LogP contribution in [-0.2, 0) is 4.79 Å². The summed E-state index contributed by atoms with van der Waals surface area (Å²) < 4.78 is 1.73. The average Bonchev–Trinajstić information content (AvgIpc) is 3.65. The average molecular weight is 488 g/mol. The standard InChI is InChI=1S/C26H26ClN7O/c1-32(19-9-10-19)15-3-4-22(35)33(2)20-11-13-21(14-12-20)34-26-23(25(28)29-16-30-26)24(31-34)17-5-7-18(27)8-6-17/h3-8,11-14,16,19H,9-10,15H2,1-2H3,(H2,28,29,30). The summed E-state index contributed by atoms with van der Waals surface area (Å²) in [5, 5.41) is 6.11. The van der Waals surface area contributed by atoms with E-state index in [9.17, 15) is 4.79 Å². The Labute approximate surface area is 208 Å². The van der Waals surface area contributed by atoms with E-state index in [-0.39, 0.29) is 5.91 Å². The second-order valence-electron chi connectivity index (χ2n) is 8.71. The molecule has 0 saturated heterocycles. The van der Waals surface area contributed by atoms with Crippen molar-refractivity contribution >= 4 is 40.0 Å². The van der Waals surface area contributed by atoms with Crippen molar-refractivity contribution in [2.45, 2.75) is 18.9 Å². The number of nitrogen functional groups attached to an aromatic ring is 1. The highest BCUT2D eigenvalue weighted by Gasteiger charge is 2.25. The third-order valence-corrected chi connectivity index (χ3v) is 6.50. The van der Waals surface area contributed by atoms with Crippen LogP contribution in [0.1, 0.15) is 12.8 Å². The number of fused-ring (bicyclic) bond motifs is 1. The van der Waals surface area contributed by atoms with Gasteiger partial charge in [0.05, 0.1) is 11.1 Å². The summed E-state index contributed by atoms with van der Waals surface area (Å²) in [6, 6.07) is 15.6. The largest absolute Gasteiger partial charge is 0.383 e. The summed E-state index contributed by atoms with van der Waals surface area (Å²) in [7, 11) is 3.85. The lowest BCUT2D eigenvalue weighted by molar-refractivity contribution is -0.113. The van der Waals surface area contributed by atoms with Crippen molar-refractivity contribution in [1.82, 2.24) is 24.6 Å². The van der Waals surface area contributed by atoms with Crippen molar-refractivity contribution in [2.24, 2.45) is 0 Å². The number of carbonyl (C=O) groups excluding carboxylic acids is 1. The number of rotatable bonds is 7. The molecule has 35 heavy (non-hydrogen) atoms. The third-order valence-electron chi connectivity index (χ3n) is 6.25. The van der Waals surface area contributed by atoms with Gasteiger partial charge >= 0.3 is 0 Å². The van der Waals surface area contributed by atoms with Crippen LogP contribution in [0, 0.1) is 0 Å². The number of carbonyl (C=O) groups is 1. The van der Waals surface area contributed by atoms with E-state index in [1.807, 2.05) is 54.6 Å². The molecule has 1 amide bonds. The van der Waals surface area contributed by atoms with Crippen LogP contribution in [0.2, 0.25) is 5.02 Å². The van der Waals surface area contributed by atoms with E-state index >= 15 is 0 Å². The van der Waals surface area contributed by atoms with E-state index in [0.717, 1.165) is 23.5 Å². The van der Waals surface area contributed by atoms with Crippen LogP contribution in [-0.4, -0.2) is 57.2 Å². The fraction of sp³-hybridized carbons (Fsp3) is 0.231. The maximum atomic E-state index is 12.6. The molecule has 0 unspecified atom stereocenters. The highest BCUT2D eigenvalue weighted by atomic mass is 35.5. The Morgan fingerprint density at radius 3 is 2.51 bits per heavy atom. The first-order valence-corrected chi connectivity index (χ1v) is 11.8. The van der Waals surface area contributed by atoms with E-state index in [1.165, 1.54) is 19.2 Å². The maximum absolute atomic E-state index is 12.6. The number of benzene rings is 2. The molecule has 1 aliphatic carbocycles. The van der Waals surface area contributed by atoms with E-state index in [4.69, 9.17) is 22.4 Å². The molecule has 2 heterocycles. The highest BCUT2D eigenvalue weighted by molar-refractivity contribution is 6.30. The molecule has 2 aromatic carbocycles. The zero-order valence-electron chi connectivity index (χ0n) is 19.6. The Hall–Kier alpha value is -3.75. The summed E-state index contributed by atoms with van der Waals surface area (Å²) in [5.41, 5.74) is 9.91. The van der Waals surface area contributed by atoms with Gasteiger partial charge in [-0.3, -0.25) is 9.69 Å². The smallest absolute Gasteiger partial charge is 0.250 e. The van der Waals surface area contributed by atoms with Gasteiger partial charge in [-0.25, -0.2) is 14.6 Å². The van der Waals surface area contributed by atoms with Gasteiger partial charge in [0.2, 0.25) is 5.91 Å². The number of hydrogen-bond donors (Lipinski definition) is 1. The van der Waals surface area contributed by atoms with Gasteiger partial charge in [-0.05, 0) is 56.3 Å². The monoisotopic (exact) mass is 487 g/mol. The van der Waals surface area contributed by atoms with Crippen molar-refractivity contribution in [3.63, 3.8) is 0 Å². The van der Waals surface area contributed by atoms with E-state index in [1.54, 1.807) is 22.7 Å².